The zero-order chi connectivity index (χ0) is 12.1. The van der Waals surface area contributed by atoms with E-state index in [1.807, 2.05) is 6.92 Å². The van der Waals surface area contributed by atoms with Gasteiger partial charge in [-0.05, 0) is 19.3 Å². The summed E-state index contributed by atoms with van der Waals surface area (Å²) in [5, 5.41) is 8.99. The molecule has 1 fully saturated rings. The molecule has 0 spiro atoms. The van der Waals surface area contributed by atoms with Crippen LogP contribution in [-0.2, 0) is 9.59 Å². The molecule has 0 aliphatic carbocycles. The van der Waals surface area contributed by atoms with Gasteiger partial charge in [0.25, 0.3) is 5.91 Å². The minimum absolute atomic E-state index is 0.0422. The number of carboxylic acids is 1. The SMILES string of the molecule is CC#CC(=O)N1C(CCC)SCC1C(=O)O. The summed E-state index contributed by atoms with van der Waals surface area (Å²) in [7, 11) is 0. The van der Waals surface area contributed by atoms with Gasteiger partial charge in [0.05, 0.1) is 5.37 Å². The van der Waals surface area contributed by atoms with Crippen LogP contribution in [0.15, 0.2) is 0 Å². The van der Waals surface area contributed by atoms with Crippen LogP contribution in [0, 0.1) is 11.8 Å². The third-order valence-electron chi connectivity index (χ3n) is 2.38. The summed E-state index contributed by atoms with van der Waals surface area (Å²) in [6, 6.07) is -0.727. The molecule has 0 saturated carbocycles. The van der Waals surface area contributed by atoms with Crippen molar-refractivity contribution in [2.45, 2.75) is 38.1 Å². The highest BCUT2D eigenvalue weighted by atomic mass is 32.2. The summed E-state index contributed by atoms with van der Waals surface area (Å²) in [6.07, 6.45) is 1.74. The first-order valence-electron chi connectivity index (χ1n) is 5.21. The van der Waals surface area contributed by atoms with Gasteiger partial charge in [0.2, 0.25) is 0 Å². The maximum Gasteiger partial charge on any atom is 0.327 e. The number of thioether (sulfide) groups is 1. The molecule has 0 aromatic rings. The van der Waals surface area contributed by atoms with Gasteiger partial charge in [0.1, 0.15) is 6.04 Å². The molecule has 0 bridgehead atoms. The van der Waals surface area contributed by atoms with Crippen LogP contribution in [0.5, 0.6) is 0 Å². The smallest absolute Gasteiger partial charge is 0.327 e. The standard InChI is InChI=1S/C11H15NO3S/c1-3-5-9(13)12-8(11(14)15)7-16-10(12)6-4-2/h8,10H,4,6-7H2,1-2H3,(H,14,15). The van der Waals surface area contributed by atoms with Gasteiger partial charge in [0.15, 0.2) is 0 Å². The van der Waals surface area contributed by atoms with E-state index in [-0.39, 0.29) is 11.3 Å². The molecule has 4 nitrogen and oxygen atoms in total. The first-order valence-corrected chi connectivity index (χ1v) is 6.26. The highest BCUT2D eigenvalue weighted by Gasteiger charge is 2.40. The van der Waals surface area contributed by atoms with E-state index in [0.29, 0.717) is 5.75 Å². The van der Waals surface area contributed by atoms with Crippen molar-refractivity contribution in [2.24, 2.45) is 0 Å². The Morgan fingerprint density at radius 1 is 1.56 bits per heavy atom. The average molecular weight is 241 g/mol. The fraction of sp³-hybridized carbons (Fsp3) is 0.636. The van der Waals surface area contributed by atoms with Crippen LogP contribution in [0.1, 0.15) is 26.7 Å². The number of hydrogen-bond acceptors (Lipinski definition) is 3. The molecule has 16 heavy (non-hydrogen) atoms. The fourth-order valence-electron chi connectivity index (χ4n) is 1.67. The highest BCUT2D eigenvalue weighted by Crippen LogP contribution is 2.32. The number of carboxylic acid groups (broad SMARTS) is 1. The van der Waals surface area contributed by atoms with Gasteiger partial charge in [-0.25, -0.2) is 4.79 Å². The van der Waals surface area contributed by atoms with Crippen molar-refractivity contribution in [3.05, 3.63) is 0 Å². The van der Waals surface area contributed by atoms with Gasteiger partial charge in [-0.2, -0.15) is 0 Å². The predicted octanol–water partition coefficient (Wildman–Crippen LogP) is 1.16. The van der Waals surface area contributed by atoms with E-state index in [4.69, 9.17) is 5.11 Å². The summed E-state index contributed by atoms with van der Waals surface area (Å²) >= 11 is 1.52. The van der Waals surface area contributed by atoms with Crippen LogP contribution < -0.4 is 0 Å². The maximum absolute atomic E-state index is 11.7. The average Bonchev–Trinajstić information content (AvgIpc) is 2.62. The van der Waals surface area contributed by atoms with Crippen molar-refractivity contribution in [3.8, 4) is 11.8 Å². The summed E-state index contributed by atoms with van der Waals surface area (Å²) in [5.74, 6) is 4.08. The van der Waals surface area contributed by atoms with Crippen LogP contribution in [-0.4, -0.2) is 39.1 Å². The second kappa shape index (κ2) is 5.80. The van der Waals surface area contributed by atoms with Gasteiger partial charge in [-0.15, -0.1) is 11.8 Å². The second-order valence-electron chi connectivity index (χ2n) is 3.52. The topological polar surface area (TPSA) is 57.6 Å². The zero-order valence-corrected chi connectivity index (χ0v) is 10.2. The summed E-state index contributed by atoms with van der Waals surface area (Å²) in [4.78, 5) is 24.1. The molecular weight excluding hydrogens is 226 g/mol. The summed E-state index contributed by atoms with van der Waals surface area (Å²) in [6.45, 7) is 3.59. The number of hydrogen-bond donors (Lipinski definition) is 1. The van der Waals surface area contributed by atoms with Crippen molar-refractivity contribution in [3.63, 3.8) is 0 Å². The van der Waals surface area contributed by atoms with Crippen LogP contribution >= 0.6 is 11.8 Å². The number of amides is 1. The Labute approximate surface area is 99.4 Å². The van der Waals surface area contributed by atoms with Crippen LogP contribution in [0.2, 0.25) is 0 Å². The molecule has 0 aromatic carbocycles. The molecule has 1 amide bonds. The predicted molar refractivity (Wildman–Crippen MR) is 62.9 cm³/mol. The van der Waals surface area contributed by atoms with Crippen molar-refractivity contribution in [2.75, 3.05) is 5.75 Å². The van der Waals surface area contributed by atoms with Gasteiger partial charge in [-0.1, -0.05) is 19.3 Å². The lowest BCUT2D eigenvalue weighted by Gasteiger charge is -2.24. The Kier molecular flexibility index (Phi) is 4.69. The molecule has 1 aliphatic rings. The second-order valence-corrected chi connectivity index (χ2v) is 4.73. The maximum atomic E-state index is 11.7. The van der Waals surface area contributed by atoms with Crippen molar-refractivity contribution >= 4 is 23.6 Å². The molecule has 1 N–H and O–H groups in total. The molecule has 1 saturated heterocycles. The molecule has 2 unspecified atom stereocenters. The Hall–Kier alpha value is -1.15. The number of nitrogens with zero attached hydrogens (tertiary/aromatic N) is 1. The minimum Gasteiger partial charge on any atom is -0.480 e. The lowest BCUT2D eigenvalue weighted by molar-refractivity contribution is -0.147. The molecule has 2 atom stereocenters. The Morgan fingerprint density at radius 2 is 2.25 bits per heavy atom. The molecule has 1 heterocycles. The number of rotatable bonds is 3. The molecule has 1 aliphatic heterocycles. The lowest BCUT2D eigenvalue weighted by Crippen LogP contribution is -2.45. The van der Waals surface area contributed by atoms with E-state index >= 15 is 0 Å². The van der Waals surface area contributed by atoms with Crippen molar-refractivity contribution < 1.29 is 14.7 Å². The Bertz CT molecular complexity index is 345. The normalized spacial score (nSPS) is 23.8. The fourth-order valence-corrected chi connectivity index (χ4v) is 3.18. The lowest BCUT2D eigenvalue weighted by atomic mass is 10.2. The molecule has 1 rings (SSSR count). The van der Waals surface area contributed by atoms with E-state index < -0.39 is 12.0 Å². The van der Waals surface area contributed by atoms with E-state index in [2.05, 4.69) is 11.8 Å². The van der Waals surface area contributed by atoms with Crippen LogP contribution in [0.4, 0.5) is 0 Å². The first-order chi connectivity index (χ1) is 7.61. The van der Waals surface area contributed by atoms with Gasteiger partial charge in [0, 0.05) is 5.75 Å². The van der Waals surface area contributed by atoms with Gasteiger partial charge in [-0.3, -0.25) is 4.79 Å². The Balaban J connectivity index is 2.86. The molecule has 0 aromatic heterocycles. The van der Waals surface area contributed by atoms with E-state index in [1.165, 1.54) is 16.7 Å². The van der Waals surface area contributed by atoms with Gasteiger partial charge < -0.3 is 10.0 Å². The first kappa shape index (κ1) is 12.9. The summed E-state index contributed by atoms with van der Waals surface area (Å²) < 4.78 is 0. The van der Waals surface area contributed by atoms with Crippen molar-refractivity contribution in [1.82, 2.24) is 4.90 Å². The number of carbonyl (C=O) groups excluding carboxylic acids is 1. The van der Waals surface area contributed by atoms with Crippen LogP contribution in [0.25, 0.3) is 0 Å². The number of carbonyl (C=O) groups is 2. The highest BCUT2D eigenvalue weighted by molar-refractivity contribution is 8.00. The monoisotopic (exact) mass is 241 g/mol. The van der Waals surface area contributed by atoms with E-state index in [1.54, 1.807) is 6.92 Å². The Morgan fingerprint density at radius 3 is 2.75 bits per heavy atom. The van der Waals surface area contributed by atoms with E-state index in [0.717, 1.165) is 12.8 Å². The zero-order valence-electron chi connectivity index (χ0n) is 9.40. The molecule has 5 heteroatoms. The number of aliphatic carboxylic acids is 1. The van der Waals surface area contributed by atoms with Gasteiger partial charge >= 0.3 is 5.97 Å². The molecule has 88 valence electrons. The summed E-state index contributed by atoms with van der Waals surface area (Å²) in [5.41, 5.74) is 0. The molecular formula is C11H15NO3S. The molecule has 0 radical (unpaired) electrons. The van der Waals surface area contributed by atoms with Crippen LogP contribution in [0.3, 0.4) is 0 Å². The minimum atomic E-state index is -0.947. The third kappa shape index (κ3) is 2.70. The quantitative estimate of drug-likeness (QED) is 0.753. The van der Waals surface area contributed by atoms with E-state index in [9.17, 15) is 9.59 Å². The van der Waals surface area contributed by atoms with Crippen molar-refractivity contribution in [1.29, 1.82) is 0 Å². The third-order valence-corrected chi connectivity index (χ3v) is 3.74. The largest absolute Gasteiger partial charge is 0.480 e.